The van der Waals surface area contributed by atoms with Gasteiger partial charge in [0.25, 0.3) is 10.0 Å². The van der Waals surface area contributed by atoms with Crippen LogP contribution in [0.3, 0.4) is 0 Å². The van der Waals surface area contributed by atoms with Crippen molar-refractivity contribution < 1.29 is 13.2 Å². The van der Waals surface area contributed by atoms with Crippen LogP contribution in [0, 0.1) is 12.8 Å². The molecule has 1 amide bonds. The SMILES string of the molecule is CCC(CNC(=O)CN(c1cccc(C)c1)S(=O)(=O)c1ccccc1)Cc1ccccc1. The highest BCUT2D eigenvalue weighted by Gasteiger charge is 2.27. The molecule has 0 aromatic heterocycles. The minimum absolute atomic E-state index is 0.157. The average molecular weight is 451 g/mol. The number of amides is 1. The van der Waals surface area contributed by atoms with Crippen LogP contribution < -0.4 is 9.62 Å². The van der Waals surface area contributed by atoms with Gasteiger partial charge in [0.1, 0.15) is 6.54 Å². The molecule has 0 saturated carbocycles. The van der Waals surface area contributed by atoms with E-state index in [2.05, 4.69) is 24.4 Å². The van der Waals surface area contributed by atoms with Gasteiger partial charge in [0, 0.05) is 6.54 Å². The number of carbonyl (C=O) groups excluding carboxylic acids is 1. The summed E-state index contributed by atoms with van der Waals surface area (Å²) in [6, 6.07) is 25.5. The lowest BCUT2D eigenvalue weighted by Gasteiger charge is -2.25. The Morgan fingerprint density at radius 2 is 1.59 bits per heavy atom. The molecular formula is C26H30N2O3S. The molecule has 1 atom stereocenters. The number of benzene rings is 3. The minimum atomic E-state index is -3.89. The van der Waals surface area contributed by atoms with E-state index in [1.807, 2.05) is 31.2 Å². The smallest absolute Gasteiger partial charge is 0.264 e. The summed E-state index contributed by atoms with van der Waals surface area (Å²) in [6.45, 7) is 4.21. The number of carbonyl (C=O) groups is 1. The molecule has 1 unspecified atom stereocenters. The number of aryl methyl sites for hydroxylation is 1. The van der Waals surface area contributed by atoms with Crippen LogP contribution in [0.25, 0.3) is 0 Å². The molecule has 6 heteroatoms. The van der Waals surface area contributed by atoms with Gasteiger partial charge in [-0.2, -0.15) is 0 Å². The van der Waals surface area contributed by atoms with Crippen LogP contribution in [0.15, 0.2) is 89.8 Å². The van der Waals surface area contributed by atoms with E-state index in [4.69, 9.17) is 0 Å². The van der Waals surface area contributed by atoms with Crippen molar-refractivity contribution in [2.75, 3.05) is 17.4 Å². The number of sulfonamides is 1. The van der Waals surface area contributed by atoms with E-state index in [1.165, 1.54) is 9.87 Å². The van der Waals surface area contributed by atoms with Gasteiger partial charge in [-0.3, -0.25) is 9.10 Å². The predicted octanol–water partition coefficient (Wildman–Crippen LogP) is 4.58. The summed E-state index contributed by atoms with van der Waals surface area (Å²) >= 11 is 0. The quantitative estimate of drug-likeness (QED) is 0.492. The van der Waals surface area contributed by atoms with Gasteiger partial charge in [-0.1, -0.05) is 74.0 Å². The van der Waals surface area contributed by atoms with Gasteiger partial charge in [-0.05, 0) is 54.7 Å². The molecule has 3 aromatic rings. The fraction of sp³-hybridized carbons (Fsp3) is 0.269. The first-order valence-corrected chi connectivity index (χ1v) is 12.3. The van der Waals surface area contributed by atoms with Gasteiger partial charge in [-0.25, -0.2) is 8.42 Å². The van der Waals surface area contributed by atoms with E-state index < -0.39 is 10.0 Å². The zero-order valence-corrected chi connectivity index (χ0v) is 19.4. The molecular weight excluding hydrogens is 420 g/mol. The Morgan fingerprint density at radius 1 is 0.938 bits per heavy atom. The van der Waals surface area contributed by atoms with E-state index in [-0.39, 0.29) is 23.3 Å². The summed E-state index contributed by atoms with van der Waals surface area (Å²) in [5.41, 5.74) is 2.62. The van der Waals surface area contributed by atoms with Crippen LogP contribution in [0.2, 0.25) is 0 Å². The normalized spacial score (nSPS) is 12.2. The number of anilines is 1. The molecule has 3 aromatic carbocycles. The van der Waals surface area contributed by atoms with E-state index in [1.54, 1.807) is 48.5 Å². The Morgan fingerprint density at radius 3 is 2.22 bits per heavy atom. The summed E-state index contributed by atoms with van der Waals surface area (Å²) in [7, 11) is -3.89. The maximum absolute atomic E-state index is 13.4. The van der Waals surface area contributed by atoms with Gasteiger partial charge in [0.2, 0.25) is 5.91 Å². The van der Waals surface area contributed by atoms with Crippen LogP contribution >= 0.6 is 0 Å². The second-order valence-corrected chi connectivity index (χ2v) is 9.79. The summed E-state index contributed by atoms with van der Waals surface area (Å²) in [6.07, 6.45) is 1.78. The van der Waals surface area contributed by atoms with E-state index in [9.17, 15) is 13.2 Å². The molecule has 0 aliphatic carbocycles. The van der Waals surface area contributed by atoms with Gasteiger partial charge in [0.05, 0.1) is 10.6 Å². The Kier molecular flexibility index (Phi) is 8.06. The third-order valence-electron chi connectivity index (χ3n) is 5.44. The summed E-state index contributed by atoms with van der Waals surface area (Å²) < 4.78 is 27.9. The lowest BCUT2D eigenvalue weighted by atomic mass is 9.97. The molecule has 32 heavy (non-hydrogen) atoms. The molecule has 1 N–H and O–H groups in total. The fourth-order valence-electron chi connectivity index (χ4n) is 3.57. The maximum atomic E-state index is 13.4. The molecule has 0 fully saturated rings. The summed E-state index contributed by atoms with van der Waals surface area (Å²) in [5.74, 6) is -0.0444. The molecule has 0 aliphatic heterocycles. The van der Waals surface area contributed by atoms with Crippen molar-refractivity contribution >= 4 is 21.6 Å². The Hall–Kier alpha value is -3.12. The third-order valence-corrected chi connectivity index (χ3v) is 7.23. The molecule has 168 valence electrons. The summed E-state index contributed by atoms with van der Waals surface area (Å²) in [5, 5.41) is 2.95. The molecule has 0 saturated heterocycles. The predicted molar refractivity (Wildman–Crippen MR) is 129 cm³/mol. The van der Waals surface area contributed by atoms with E-state index in [0.29, 0.717) is 12.2 Å². The minimum Gasteiger partial charge on any atom is -0.354 e. The largest absolute Gasteiger partial charge is 0.354 e. The molecule has 3 rings (SSSR count). The number of hydrogen-bond acceptors (Lipinski definition) is 3. The molecule has 0 spiro atoms. The highest BCUT2D eigenvalue weighted by atomic mass is 32.2. The summed E-state index contributed by atoms with van der Waals surface area (Å²) in [4.78, 5) is 13.0. The van der Waals surface area contributed by atoms with Crippen molar-refractivity contribution in [2.45, 2.75) is 31.6 Å². The highest BCUT2D eigenvalue weighted by molar-refractivity contribution is 7.92. The van der Waals surface area contributed by atoms with Gasteiger partial charge in [0.15, 0.2) is 0 Å². The monoisotopic (exact) mass is 450 g/mol. The van der Waals surface area contributed by atoms with Crippen molar-refractivity contribution in [3.8, 4) is 0 Å². The maximum Gasteiger partial charge on any atom is 0.264 e. The van der Waals surface area contributed by atoms with Crippen molar-refractivity contribution in [1.29, 1.82) is 0 Å². The van der Waals surface area contributed by atoms with Gasteiger partial charge >= 0.3 is 0 Å². The molecule has 5 nitrogen and oxygen atoms in total. The van der Waals surface area contributed by atoms with Crippen LogP contribution in [-0.2, 0) is 21.2 Å². The fourth-order valence-corrected chi connectivity index (χ4v) is 5.00. The lowest BCUT2D eigenvalue weighted by Crippen LogP contribution is -2.42. The Balaban J connectivity index is 1.75. The second kappa shape index (κ2) is 11.0. The topological polar surface area (TPSA) is 66.5 Å². The van der Waals surface area contributed by atoms with Crippen LogP contribution in [-0.4, -0.2) is 27.4 Å². The molecule has 0 bridgehead atoms. The molecule has 0 radical (unpaired) electrons. The number of nitrogens with one attached hydrogen (secondary N) is 1. The molecule has 0 aliphatic rings. The van der Waals surface area contributed by atoms with Gasteiger partial charge < -0.3 is 5.32 Å². The number of rotatable bonds is 10. The van der Waals surface area contributed by atoms with Crippen molar-refractivity contribution in [3.63, 3.8) is 0 Å². The van der Waals surface area contributed by atoms with Crippen molar-refractivity contribution in [1.82, 2.24) is 5.32 Å². The zero-order chi connectivity index (χ0) is 23.0. The average Bonchev–Trinajstić information content (AvgIpc) is 2.81. The second-order valence-electron chi connectivity index (χ2n) is 7.93. The molecule has 0 heterocycles. The first kappa shape index (κ1) is 23.5. The van der Waals surface area contributed by atoms with Crippen LogP contribution in [0.1, 0.15) is 24.5 Å². The van der Waals surface area contributed by atoms with Gasteiger partial charge in [-0.15, -0.1) is 0 Å². The van der Waals surface area contributed by atoms with Crippen LogP contribution in [0.5, 0.6) is 0 Å². The first-order chi connectivity index (χ1) is 15.4. The Labute approximate surface area is 191 Å². The van der Waals surface area contributed by atoms with E-state index >= 15 is 0 Å². The highest BCUT2D eigenvalue weighted by Crippen LogP contribution is 2.24. The lowest BCUT2D eigenvalue weighted by molar-refractivity contribution is -0.119. The van der Waals surface area contributed by atoms with E-state index in [0.717, 1.165) is 18.4 Å². The number of nitrogens with zero attached hydrogens (tertiary/aromatic N) is 1. The zero-order valence-electron chi connectivity index (χ0n) is 18.6. The number of hydrogen-bond donors (Lipinski definition) is 1. The first-order valence-electron chi connectivity index (χ1n) is 10.8. The van der Waals surface area contributed by atoms with Crippen LogP contribution in [0.4, 0.5) is 5.69 Å². The Bertz CT molecular complexity index is 1120. The third kappa shape index (κ3) is 6.20. The van der Waals surface area contributed by atoms with Crippen molar-refractivity contribution in [2.24, 2.45) is 5.92 Å². The van der Waals surface area contributed by atoms with Crippen molar-refractivity contribution in [3.05, 3.63) is 96.1 Å². The standard InChI is InChI=1S/C26H30N2O3S/c1-3-22(18-23-12-6-4-7-13-23)19-27-26(29)20-28(24-14-10-11-21(2)17-24)32(30,31)25-15-8-5-9-16-25/h4-17,22H,3,18-20H2,1-2H3,(H,27,29).